The molecule has 12 heavy (non-hydrogen) atoms. The van der Waals surface area contributed by atoms with Crippen molar-refractivity contribution in [2.24, 2.45) is 11.8 Å². The second-order valence-corrected chi connectivity index (χ2v) is 3.33. The van der Waals surface area contributed by atoms with Crippen molar-refractivity contribution in [2.45, 2.75) is 13.8 Å². The summed E-state index contributed by atoms with van der Waals surface area (Å²) in [7, 11) is 1.97. The Labute approximate surface area is 74.9 Å². The molecule has 1 rings (SSSR count). The SMILES string of the molecule is C=CC1=C(NC)C(C)[C@H](C)C=C1. The normalized spacial score (nSPS) is 28.9. The molecule has 2 atom stereocenters. The van der Waals surface area contributed by atoms with Gasteiger partial charge in [-0.15, -0.1) is 0 Å². The molecule has 0 spiro atoms. The molecule has 0 heterocycles. The molecule has 0 saturated carbocycles. The average Bonchev–Trinajstić information content (AvgIpc) is 2.09. The molecule has 1 heteroatoms. The minimum absolute atomic E-state index is 0.577. The Bertz CT molecular complexity index is 235. The van der Waals surface area contributed by atoms with Crippen LogP contribution in [0.1, 0.15) is 13.8 Å². The first kappa shape index (κ1) is 9.11. The highest BCUT2D eigenvalue weighted by molar-refractivity contribution is 5.38. The third kappa shape index (κ3) is 1.45. The van der Waals surface area contributed by atoms with Gasteiger partial charge in [-0.2, -0.15) is 0 Å². The average molecular weight is 163 g/mol. The number of hydrogen-bond donors (Lipinski definition) is 1. The fourth-order valence-electron chi connectivity index (χ4n) is 1.59. The van der Waals surface area contributed by atoms with Gasteiger partial charge in [-0.05, 0) is 11.5 Å². The smallest absolute Gasteiger partial charge is 0.0212 e. The second-order valence-electron chi connectivity index (χ2n) is 3.33. The summed E-state index contributed by atoms with van der Waals surface area (Å²) in [5, 5.41) is 3.24. The second kappa shape index (κ2) is 3.61. The number of rotatable bonds is 2. The Hall–Kier alpha value is -0.980. The molecular weight excluding hydrogens is 146 g/mol. The predicted molar refractivity (Wildman–Crippen MR) is 53.8 cm³/mol. The van der Waals surface area contributed by atoms with E-state index in [4.69, 9.17) is 0 Å². The first-order valence-electron chi connectivity index (χ1n) is 4.43. The lowest BCUT2D eigenvalue weighted by Crippen LogP contribution is -2.22. The number of allylic oxidation sites excluding steroid dienone is 5. The molecule has 0 aromatic rings. The zero-order valence-corrected chi connectivity index (χ0v) is 8.09. The van der Waals surface area contributed by atoms with Crippen LogP contribution in [0.5, 0.6) is 0 Å². The summed E-state index contributed by atoms with van der Waals surface area (Å²) in [5.41, 5.74) is 2.53. The predicted octanol–water partition coefficient (Wildman–Crippen LogP) is 2.49. The molecule has 1 nitrogen and oxygen atoms in total. The molecule has 0 aromatic carbocycles. The Balaban J connectivity index is 3.00. The van der Waals surface area contributed by atoms with Crippen molar-refractivity contribution in [1.82, 2.24) is 5.32 Å². The van der Waals surface area contributed by atoms with Gasteiger partial charge in [-0.3, -0.25) is 0 Å². The largest absolute Gasteiger partial charge is 0.391 e. The Kier molecular flexibility index (Phi) is 2.74. The quantitative estimate of drug-likeness (QED) is 0.659. The van der Waals surface area contributed by atoms with Crippen molar-refractivity contribution in [1.29, 1.82) is 0 Å². The van der Waals surface area contributed by atoms with E-state index in [1.807, 2.05) is 13.1 Å². The molecule has 66 valence electrons. The van der Waals surface area contributed by atoms with Gasteiger partial charge in [0, 0.05) is 18.7 Å². The van der Waals surface area contributed by atoms with E-state index in [9.17, 15) is 0 Å². The molecule has 0 saturated heterocycles. The maximum Gasteiger partial charge on any atom is 0.0212 e. The zero-order chi connectivity index (χ0) is 9.14. The van der Waals surface area contributed by atoms with Crippen molar-refractivity contribution in [2.75, 3.05) is 7.05 Å². The zero-order valence-electron chi connectivity index (χ0n) is 8.09. The first-order valence-corrected chi connectivity index (χ1v) is 4.43. The van der Waals surface area contributed by atoms with Gasteiger partial charge in [0.05, 0.1) is 0 Å². The van der Waals surface area contributed by atoms with E-state index in [0.717, 1.165) is 0 Å². The van der Waals surface area contributed by atoms with Crippen LogP contribution in [0.4, 0.5) is 0 Å². The van der Waals surface area contributed by atoms with Gasteiger partial charge < -0.3 is 5.32 Å². The van der Waals surface area contributed by atoms with Gasteiger partial charge in [0.15, 0.2) is 0 Å². The third-order valence-corrected chi connectivity index (χ3v) is 2.62. The lowest BCUT2D eigenvalue weighted by atomic mass is 9.85. The standard InChI is InChI=1S/C11H17N/c1-5-10-7-6-8(2)9(3)11(10)12-4/h5-9,12H,1H2,2-4H3/t8-,9?/m1/s1. The number of nitrogens with one attached hydrogen (secondary N) is 1. The van der Waals surface area contributed by atoms with Crippen LogP contribution in [-0.2, 0) is 0 Å². The molecule has 0 aromatic heterocycles. The summed E-state index contributed by atoms with van der Waals surface area (Å²) in [6, 6.07) is 0. The Morgan fingerprint density at radius 1 is 1.50 bits per heavy atom. The fraction of sp³-hybridized carbons (Fsp3) is 0.455. The van der Waals surface area contributed by atoms with E-state index in [1.165, 1.54) is 11.3 Å². The van der Waals surface area contributed by atoms with E-state index < -0.39 is 0 Å². The van der Waals surface area contributed by atoms with Crippen LogP contribution >= 0.6 is 0 Å². The van der Waals surface area contributed by atoms with E-state index in [1.54, 1.807) is 0 Å². The van der Waals surface area contributed by atoms with Crippen LogP contribution < -0.4 is 5.32 Å². The molecule has 1 unspecified atom stereocenters. The van der Waals surface area contributed by atoms with Crippen LogP contribution in [0.15, 0.2) is 36.1 Å². The monoisotopic (exact) mass is 163 g/mol. The molecule has 0 amide bonds. The van der Waals surface area contributed by atoms with E-state index in [-0.39, 0.29) is 0 Å². The van der Waals surface area contributed by atoms with Gasteiger partial charge in [0.2, 0.25) is 0 Å². The topological polar surface area (TPSA) is 12.0 Å². The highest BCUT2D eigenvalue weighted by atomic mass is 14.8. The molecule has 0 fully saturated rings. The van der Waals surface area contributed by atoms with Crippen molar-refractivity contribution in [3.8, 4) is 0 Å². The number of hydrogen-bond acceptors (Lipinski definition) is 1. The van der Waals surface area contributed by atoms with Crippen LogP contribution in [0, 0.1) is 11.8 Å². The Morgan fingerprint density at radius 3 is 2.67 bits per heavy atom. The van der Waals surface area contributed by atoms with Gasteiger partial charge >= 0.3 is 0 Å². The summed E-state index contributed by atoms with van der Waals surface area (Å²) in [5.74, 6) is 1.20. The lowest BCUT2D eigenvalue weighted by molar-refractivity contribution is 0.494. The van der Waals surface area contributed by atoms with Gasteiger partial charge in [-0.25, -0.2) is 0 Å². The molecule has 1 aliphatic carbocycles. The van der Waals surface area contributed by atoms with Crippen molar-refractivity contribution in [3.63, 3.8) is 0 Å². The maximum atomic E-state index is 3.79. The summed E-state index contributed by atoms with van der Waals surface area (Å²) in [4.78, 5) is 0. The lowest BCUT2D eigenvalue weighted by Gasteiger charge is -2.25. The third-order valence-electron chi connectivity index (χ3n) is 2.62. The van der Waals surface area contributed by atoms with Crippen LogP contribution in [0.3, 0.4) is 0 Å². The Morgan fingerprint density at radius 2 is 2.17 bits per heavy atom. The highest BCUT2D eigenvalue weighted by Gasteiger charge is 2.18. The molecule has 1 aliphatic rings. The van der Waals surface area contributed by atoms with Gasteiger partial charge in [0.25, 0.3) is 0 Å². The minimum Gasteiger partial charge on any atom is -0.391 e. The van der Waals surface area contributed by atoms with E-state index in [2.05, 4.69) is 37.9 Å². The molecule has 0 radical (unpaired) electrons. The van der Waals surface area contributed by atoms with E-state index in [0.29, 0.717) is 11.8 Å². The minimum atomic E-state index is 0.577. The summed E-state index contributed by atoms with van der Waals surface area (Å²) in [6.45, 7) is 8.27. The molecule has 1 N–H and O–H groups in total. The van der Waals surface area contributed by atoms with Crippen molar-refractivity contribution >= 4 is 0 Å². The van der Waals surface area contributed by atoms with Crippen LogP contribution in [0.2, 0.25) is 0 Å². The summed E-state index contributed by atoms with van der Waals surface area (Å²) >= 11 is 0. The molecule has 0 bridgehead atoms. The first-order chi connectivity index (χ1) is 5.70. The summed E-state index contributed by atoms with van der Waals surface area (Å²) in [6.07, 6.45) is 6.29. The van der Waals surface area contributed by atoms with Gasteiger partial charge in [0.1, 0.15) is 0 Å². The fourth-order valence-corrected chi connectivity index (χ4v) is 1.59. The van der Waals surface area contributed by atoms with Crippen LogP contribution in [0.25, 0.3) is 0 Å². The van der Waals surface area contributed by atoms with Crippen LogP contribution in [-0.4, -0.2) is 7.05 Å². The summed E-state index contributed by atoms with van der Waals surface area (Å²) < 4.78 is 0. The highest BCUT2D eigenvalue weighted by Crippen LogP contribution is 2.27. The molecular formula is C11H17N. The van der Waals surface area contributed by atoms with Gasteiger partial charge in [-0.1, -0.05) is 38.7 Å². The molecule has 0 aliphatic heterocycles. The van der Waals surface area contributed by atoms with E-state index >= 15 is 0 Å². The maximum absolute atomic E-state index is 3.79. The van der Waals surface area contributed by atoms with Crippen molar-refractivity contribution < 1.29 is 0 Å². The van der Waals surface area contributed by atoms with Crippen molar-refractivity contribution in [3.05, 3.63) is 36.1 Å².